The first-order chi connectivity index (χ1) is 11.7. The van der Waals surface area contributed by atoms with E-state index in [0.717, 1.165) is 16.7 Å². The SMILES string of the molecule is COC(=O)c1cc(S(=O)(=O)N[C@H](C)c2cc(C)ccc2C)ccc1C. The van der Waals surface area contributed by atoms with Crippen molar-refractivity contribution in [1.82, 2.24) is 4.72 Å². The van der Waals surface area contributed by atoms with Crippen molar-refractivity contribution in [1.29, 1.82) is 0 Å². The van der Waals surface area contributed by atoms with Crippen LogP contribution in [0.3, 0.4) is 0 Å². The molecule has 0 aromatic heterocycles. The van der Waals surface area contributed by atoms with Crippen molar-refractivity contribution >= 4 is 16.0 Å². The summed E-state index contributed by atoms with van der Waals surface area (Å²) in [7, 11) is -2.51. The summed E-state index contributed by atoms with van der Waals surface area (Å²) in [4.78, 5) is 11.8. The van der Waals surface area contributed by atoms with Gasteiger partial charge in [-0.1, -0.05) is 29.8 Å². The van der Waals surface area contributed by atoms with Gasteiger partial charge < -0.3 is 4.74 Å². The number of nitrogens with one attached hydrogen (secondary N) is 1. The van der Waals surface area contributed by atoms with E-state index >= 15 is 0 Å². The van der Waals surface area contributed by atoms with Crippen LogP contribution in [0.4, 0.5) is 0 Å². The number of hydrogen-bond acceptors (Lipinski definition) is 4. The third-order valence-corrected chi connectivity index (χ3v) is 5.70. The number of benzene rings is 2. The maximum absolute atomic E-state index is 12.7. The molecule has 1 N–H and O–H groups in total. The number of rotatable bonds is 5. The lowest BCUT2D eigenvalue weighted by molar-refractivity contribution is 0.0599. The number of methoxy groups -OCH3 is 1. The lowest BCUT2D eigenvalue weighted by atomic mass is 10.0. The molecule has 0 amide bonds. The fourth-order valence-corrected chi connectivity index (χ4v) is 3.94. The van der Waals surface area contributed by atoms with Crippen molar-refractivity contribution in [3.8, 4) is 0 Å². The van der Waals surface area contributed by atoms with Crippen molar-refractivity contribution in [3.05, 3.63) is 64.2 Å². The Morgan fingerprint density at radius 3 is 2.32 bits per heavy atom. The Balaban J connectivity index is 2.36. The van der Waals surface area contributed by atoms with Crippen LogP contribution in [0.15, 0.2) is 41.3 Å². The number of ether oxygens (including phenoxy) is 1. The first-order valence-corrected chi connectivity index (χ1v) is 9.42. The van der Waals surface area contributed by atoms with E-state index in [9.17, 15) is 13.2 Å². The number of esters is 1. The van der Waals surface area contributed by atoms with Crippen molar-refractivity contribution in [3.63, 3.8) is 0 Å². The fraction of sp³-hybridized carbons (Fsp3) is 0.316. The van der Waals surface area contributed by atoms with Gasteiger partial charge in [0.25, 0.3) is 0 Å². The minimum atomic E-state index is -3.78. The monoisotopic (exact) mass is 361 g/mol. The predicted octanol–water partition coefficient (Wildman–Crippen LogP) is 3.44. The molecular formula is C19H23NO4S. The van der Waals surface area contributed by atoms with Crippen LogP contribution in [-0.4, -0.2) is 21.5 Å². The molecule has 0 bridgehead atoms. The molecule has 0 heterocycles. The quantitative estimate of drug-likeness (QED) is 0.828. The highest BCUT2D eigenvalue weighted by atomic mass is 32.2. The zero-order valence-electron chi connectivity index (χ0n) is 15.1. The number of carbonyl (C=O) groups excluding carboxylic acids is 1. The van der Waals surface area contributed by atoms with E-state index in [2.05, 4.69) is 4.72 Å². The van der Waals surface area contributed by atoms with Crippen LogP contribution < -0.4 is 4.72 Å². The number of sulfonamides is 1. The normalized spacial score (nSPS) is 12.7. The maximum atomic E-state index is 12.7. The summed E-state index contributed by atoms with van der Waals surface area (Å²) in [6.07, 6.45) is 0. The van der Waals surface area contributed by atoms with Crippen molar-refractivity contribution in [2.24, 2.45) is 0 Å². The van der Waals surface area contributed by atoms with Gasteiger partial charge in [-0.3, -0.25) is 0 Å². The van der Waals surface area contributed by atoms with Crippen molar-refractivity contribution in [2.75, 3.05) is 7.11 Å². The Morgan fingerprint density at radius 2 is 1.68 bits per heavy atom. The molecule has 0 saturated carbocycles. The fourth-order valence-electron chi connectivity index (χ4n) is 2.69. The zero-order valence-corrected chi connectivity index (χ0v) is 15.9. The first-order valence-electron chi connectivity index (χ1n) is 7.94. The first kappa shape index (κ1) is 19.1. The van der Waals surface area contributed by atoms with Gasteiger partial charge in [-0.2, -0.15) is 0 Å². The van der Waals surface area contributed by atoms with Gasteiger partial charge in [0.15, 0.2) is 0 Å². The van der Waals surface area contributed by atoms with Crippen molar-refractivity contribution < 1.29 is 17.9 Å². The molecule has 0 unspecified atom stereocenters. The van der Waals surface area contributed by atoms with E-state index in [1.165, 1.54) is 19.2 Å². The molecule has 5 nitrogen and oxygen atoms in total. The third-order valence-electron chi connectivity index (χ3n) is 4.16. The Kier molecular flexibility index (Phi) is 5.65. The minimum Gasteiger partial charge on any atom is -0.465 e. The Hall–Kier alpha value is -2.18. The highest BCUT2D eigenvalue weighted by Gasteiger charge is 2.22. The average Bonchev–Trinajstić information content (AvgIpc) is 2.56. The minimum absolute atomic E-state index is 0.0376. The second-order valence-electron chi connectivity index (χ2n) is 6.17. The highest BCUT2D eigenvalue weighted by Crippen LogP contribution is 2.23. The second-order valence-corrected chi connectivity index (χ2v) is 7.89. The van der Waals surface area contributed by atoms with Gasteiger partial charge in [-0.15, -0.1) is 0 Å². The third kappa shape index (κ3) is 4.27. The van der Waals surface area contributed by atoms with Gasteiger partial charge in [0.05, 0.1) is 17.6 Å². The molecule has 0 spiro atoms. The Bertz CT molecular complexity index is 904. The lowest BCUT2D eigenvalue weighted by Gasteiger charge is -2.18. The topological polar surface area (TPSA) is 72.5 Å². The van der Waals surface area contributed by atoms with E-state index in [4.69, 9.17) is 4.74 Å². The maximum Gasteiger partial charge on any atom is 0.338 e. The van der Waals surface area contributed by atoms with E-state index in [1.54, 1.807) is 19.9 Å². The predicted molar refractivity (Wildman–Crippen MR) is 97.2 cm³/mol. The molecule has 0 aliphatic carbocycles. The molecule has 2 aromatic carbocycles. The summed E-state index contributed by atoms with van der Waals surface area (Å²) in [5.74, 6) is -0.558. The second kappa shape index (κ2) is 7.37. The summed E-state index contributed by atoms with van der Waals surface area (Å²) in [5, 5.41) is 0. The number of aryl methyl sites for hydroxylation is 3. The van der Waals surface area contributed by atoms with Crippen LogP contribution in [-0.2, 0) is 14.8 Å². The van der Waals surface area contributed by atoms with Gasteiger partial charge in [-0.05, 0) is 56.5 Å². The molecule has 2 rings (SSSR count). The standard InChI is InChI=1S/C19H23NO4S/c1-12-6-7-13(2)17(10-12)15(4)20-25(22,23)16-9-8-14(3)18(11-16)19(21)24-5/h6-11,15,20H,1-5H3/t15-/m1/s1. The molecule has 134 valence electrons. The molecule has 25 heavy (non-hydrogen) atoms. The summed E-state index contributed by atoms with van der Waals surface area (Å²) in [6, 6.07) is 9.97. The van der Waals surface area contributed by atoms with Crippen LogP contribution in [0.25, 0.3) is 0 Å². The van der Waals surface area contributed by atoms with E-state index < -0.39 is 22.0 Å². The summed E-state index contributed by atoms with van der Waals surface area (Å²) >= 11 is 0. The van der Waals surface area contributed by atoms with Crippen LogP contribution in [0.5, 0.6) is 0 Å². The van der Waals surface area contributed by atoms with Crippen LogP contribution in [0, 0.1) is 20.8 Å². The molecule has 0 saturated heterocycles. The van der Waals surface area contributed by atoms with Gasteiger partial charge in [0.2, 0.25) is 10.0 Å². The molecule has 2 aromatic rings. The molecule has 0 aliphatic rings. The van der Waals surface area contributed by atoms with Gasteiger partial charge in [0.1, 0.15) is 0 Å². The van der Waals surface area contributed by atoms with E-state index in [-0.39, 0.29) is 10.5 Å². The van der Waals surface area contributed by atoms with Crippen molar-refractivity contribution in [2.45, 2.75) is 38.6 Å². The molecule has 0 fully saturated rings. The largest absolute Gasteiger partial charge is 0.465 e. The van der Waals surface area contributed by atoms with Gasteiger partial charge in [0, 0.05) is 6.04 Å². The summed E-state index contributed by atoms with van der Waals surface area (Å²) < 4.78 is 32.8. The number of hydrogen-bond donors (Lipinski definition) is 1. The van der Waals surface area contributed by atoms with Crippen LogP contribution in [0.1, 0.15) is 45.6 Å². The summed E-state index contributed by atoms with van der Waals surface area (Å²) in [6.45, 7) is 7.44. The molecule has 6 heteroatoms. The van der Waals surface area contributed by atoms with E-state index in [1.807, 2.05) is 32.0 Å². The van der Waals surface area contributed by atoms with Crippen LogP contribution in [0.2, 0.25) is 0 Å². The molecule has 1 atom stereocenters. The highest BCUT2D eigenvalue weighted by molar-refractivity contribution is 7.89. The Labute approximate surface area is 149 Å². The van der Waals surface area contributed by atoms with Crippen LogP contribution >= 0.6 is 0 Å². The molecular weight excluding hydrogens is 338 g/mol. The molecule has 0 radical (unpaired) electrons. The smallest absolute Gasteiger partial charge is 0.338 e. The Morgan fingerprint density at radius 1 is 1.04 bits per heavy atom. The molecule has 0 aliphatic heterocycles. The average molecular weight is 361 g/mol. The van der Waals surface area contributed by atoms with Gasteiger partial charge in [-0.25, -0.2) is 17.9 Å². The lowest BCUT2D eigenvalue weighted by Crippen LogP contribution is -2.27. The van der Waals surface area contributed by atoms with Gasteiger partial charge >= 0.3 is 5.97 Å². The van der Waals surface area contributed by atoms with E-state index in [0.29, 0.717) is 5.56 Å². The number of carbonyl (C=O) groups is 1. The zero-order chi connectivity index (χ0) is 18.8. The summed E-state index contributed by atoms with van der Waals surface area (Å²) in [5.41, 5.74) is 3.90.